The molecule has 0 rings (SSSR count). The molecule has 15 heavy (non-hydrogen) atoms. The molecule has 0 fully saturated rings. The zero-order valence-electron chi connectivity index (χ0n) is 10.6. The van der Waals surface area contributed by atoms with E-state index in [2.05, 4.69) is 20.8 Å². The highest BCUT2D eigenvalue weighted by molar-refractivity contribution is 5.65. The molecule has 0 aromatic rings. The molecule has 0 radical (unpaired) electrons. The summed E-state index contributed by atoms with van der Waals surface area (Å²) in [4.78, 5) is 10.6. The van der Waals surface area contributed by atoms with Crippen LogP contribution in [-0.4, -0.2) is 25.3 Å². The zero-order chi connectivity index (χ0) is 11.9. The van der Waals surface area contributed by atoms with Gasteiger partial charge in [-0.2, -0.15) is 0 Å². The Labute approximate surface area is 93.1 Å². The van der Waals surface area contributed by atoms with Crippen molar-refractivity contribution in [2.24, 2.45) is 5.92 Å². The number of esters is 1. The summed E-state index contributed by atoms with van der Waals surface area (Å²) in [6.45, 7) is 8.25. The molecule has 90 valence electrons. The van der Waals surface area contributed by atoms with E-state index < -0.39 is 0 Å². The fourth-order valence-corrected chi connectivity index (χ4v) is 1.32. The van der Waals surface area contributed by atoms with Gasteiger partial charge in [-0.15, -0.1) is 0 Å². The van der Waals surface area contributed by atoms with Crippen molar-refractivity contribution < 1.29 is 14.3 Å². The first kappa shape index (κ1) is 14.4. The van der Waals surface area contributed by atoms with Gasteiger partial charge in [-0.1, -0.05) is 13.3 Å². The van der Waals surface area contributed by atoms with Gasteiger partial charge in [0, 0.05) is 14.0 Å². The van der Waals surface area contributed by atoms with Gasteiger partial charge in [0.25, 0.3) is 0 Å². The minimum absolute atomic E-state index is 0.0405. The lowest BCUT2D eigenvalue weighted by molar-refractivity contribution is -0.142. The third-order valence-electron chi connectivity index (χ3n) is 2.60. The van der Waals surface area contributed by atoms with Crippen LogP contribution in [0.5, 0.6) is 0 Å². The maximum absolute atomic E-state index is 10.6. The van der Waals surface area contributed by atoms with Gasteiger partial charge >= 0.3 is 5.97 Å². The van der Waals surface area contributed by atoms with E-state index in [9.17, 15) is 4.79 Å². The highest BCUT2D eigenvalue weighted by atomic mass is 16.5. The molecule has 0 aliphatic carbocycles. The van der Waals surface area contributed by atoms with Crippen LogP contribution in [0.25, 0.3) is 0 Å². The van der Waals surface area contributed by atoms with E-state index in [-0.39, 0.29) is 11.6 Å². The van der Waals surface area contributed by atoms with Crippen LogP contribution in [0.15, 0.2) is 0 Å². The topological polar surface area (TPSA) is 35.5 Å². The van der Waals surface area contributed by atoms with Gasteiger partial charge < -0.3 is 9.47 Å². The average molecular weight is 216 g/mol. The molecule has 0 N–H and O–H groups in total. The van der Waals surface area contributed by atoms with E-state index in [1.807, 2.05) is 0 Å². The maximum Gasteiger partial charge on any atom is 0.302 e. The van der Waals surface area contributed by atoms with Crippen LogP contribution in [0.4, 0.5) is 0 Å². The van der Waals surface area contributed by atoms with Gasteiger partial charge in [0.05, 0.1) is 12.2 Å². The van der Waals surface area contributed by atoms with Crippen molar-refractivity contribution in [1.82, 2.24) is 0 Å². The largest absolute Gasteiger partial charge is 0.466 e. The van der Waals surface area contributed by atoms with Crippen LogP contribution >= 0.6 is 0 Å². The van der Waals surface area contributed by atoms with Crippen LogP contribution in [0, 0.1) is 5.92 Å². The first-order valence-electron chi connectivity index (χ1n) is 5.56. The number of carbonyl (C=O) groups is 1. The molecular formula is C12H24O3. The number of hydrogen-bond donors (Lipinski definition) is 0. The van der Waals surface area contributed by atoms with E-state index in [1.165, 1.54) is 6.92 Å². The molecule has 0 aliphatic heterocycles. The van der Waals surface area contributed by atoms with Crippen LogP contribution < -0.4 is 0 Å². The molecule has 0 aliphatic rings. The van der Waals surface area contributed by atoms with Crippen molar-refractivity contribution in [1.29, 1.82) is 0 Å². The maximum atomic E-state index is 10.6. The summed E-state index contributed by atoms with van der Waals surface area (Å²) >= 11 is 0. The van der Waals surface area contributed by atoms with Gasteiger partial charge in [0.2, 0.25) is 0 Å². The van der Waals surface area contributed by atoms with Crippen molar-refractivity contribution in [2.45, 2.75) is 52.6 Å². The van der Waals surface area contributed by atoms with E-state index >= 15 is 0 Å². The number of methoxy groups -OCH3 is 1. The van der Waals surface area contributed by atoms with Crippen LogP contribution in [0.2, 0.25) is 0 Å². The number of hydrogen-bond acceptors (Lipinski definition) is 3. The number of ether oxygens (including phenoxy) is 2. The fourth-order valence-electron chi connectivity index (χ4n) is 1.32. The molecule has 0 saturated heterocycles. The molecule has 3 heteroatoms. The smallest absolute Gasteiger partial charge is 0.302 e. The molecule has 3 nitrogen and oxygen atoms in total. The lowest BCUT2D eigenvalue weighted by Crippen LogP contribution is -2.22. The Bertz CT molecular complexity index is 187. The first-order chi connectivity index (χ1) is 6.87. The van der Waals surface area contributed by atoms with Crippen molar-refractivity contribution in [3.05, 3.63) is 0 Å². The van der Waals surface area contributed by atoms with Gasteiger partial charge in [-0.05, 0) is 32.6 Å². The van der Waals surface area contributed by atoms with Crippen molar-refractivity contribution in [3.8, 4) is 0 Å². The van der Waals surface area contributed by atoms with Crippen molar-refractivity contribution in [2.75, 3.05) is 13.7 Å². The minimum Gasteiger partial charge on any atom is -0.466 e. The second-order valence-electron chi connectivity index (χ2n) is 4.76. The van der Waals surface area contributed by atoms with Crippen molar-refractivity contribution >= 4 is 5.97 Å². The summed E-state index contributed by atoms with van der Waals surface area (Å²) in [7, 11) is 1.74. The molecule has 0 spiro atoms. The Morgan fingerprint density at radius 2 is 2.00 bits per heavy atom. The van der Waals surface area contributed by atoms with E-state index in [4.69, 9.17) is 9.47 Å². The second-order valence-corrected chi connectivity index (χ2v) is 4.76. The lowest BCUT2D eigenvalue weighted by atomic mass is 9.97. The molecule has 1 unspecified atom stereocenters. The van der Waals surface area contributed by atoms with Gasteiger partial charge in [-0.25, -0.2) is 0 Å². The molecule has 0 saturated carbocycles. The minimum atomic E-state index is -0.195. The summed E-state index contributed by atoms with van der Waals surface area (Å²) in [5, 5.41) is 0. The number of rotatable bonds is 7. The molecule has 0 amide bonds. The Balaban J connectivity index is 3.54. The van der Waals surface area contributed by atoms with E-state index in [1.54, 1.807) is 7.11 Å². The van der Waals surface area contributed by atoms with E-state index in [0.717, 1.165) is 19.3 Å². The number of carbonyl (C=O) groups excluding carboxylic acids is 1. The Hall–Kier alpha value is -0.570. The Morgan fingerprint density at radius 1 is 1.40 bits per heavy atom. The first-order valence-corrected chi connectivity index (χ1v) is 5.56. The zero-order valence-corrected chi connectivity index (χ0v) is 10.6. The van der Waals surface area contributed by atoms with Crippen LogP contribution in [0.1, 0.15) is 47.0 Å². The van der Waals surface area contributed by atoms with Crippen LogP contribution in [0.3, 0.4) is 0 Å². The highest BCUT2D eigenvalue weighted by Crippen LogP contribution is 2.19. The SMILES string of the molecule is COC(C)(C)CCCC(C)COC(C)=O. The average Bonchev–Trinajstić information content (AvgIpc) is 2.14. The summed E-state index contributed by atoms with van der Waals surface area (Å²) < 4.78 is 10.3. The van der Waals surface area contributed by atoms with Gasteiger partial charge in [0.1, 0.15) is 0 Å². The summed E-state index contributed by atoms with van der Waals surface area (Å²) in [5.41, 5.74) is -0.0405. The monoisotopic (exact) mass is 216 g/mol. The Morgan fingerprint density at radius 3 is 2.47 bits per heavy atom. The summed E-state index contributed by atoms with van der Waals surface area (Å²) in [5.74, 6) is 0.237. The van der Waals surface area contributed by atoms with Gasteiger partial charge in [0.15, 0.2) is 0 Å². The normalized spacial score (nSPS) is 13.7. The molecule has 0 aromatic heterocycles. The van der Waals surface area contributed by atoms with Gasteiger partial charge in [-0.3, -0.25) is 4.79 Å². The molecule has 0 bridgehead atoms. The van der Waals surface area contributed by atoms with Crippen LogP contribution in [-0.2, 0) is 14.3 Å². The predicted molar refractivity (Wildman–Crippen MR) is 60.7 cm³/mol. The lowest BCUT2D eigenvalue weighted by Gasteiger charge is -2.23. The summed E-state index contributed by atoms with van der Waals surface area (Å²) in [6.07, 6.45) is 3.21. The quantitative estimate of drug-likeness (QED) is 0.614. The summed E-state index contributed by atoms with van der Waals surface area (Å²) in [6, 6.07) is 0. The third kappa shape index (κ3) is 8.43. The fraction of sp³-hybridized carbons (Fsp3) is 0.917. The predicted octanol–water partition coefficient (Wildman–Crippen LogP) is 2.78. The highest BCUT2D eigenvalue weighted by Gasteiger charge is 2.16. The molecule has 0 aromatic carbocycles. The van der Waals surface area contributed by atoms with E-state index in [0.29, 0.717) is 12.5 Å². The van der Waals surface area contributed by atoms with Crippen molar-refractivity contribution in [3.63, 3.8) is 0 Å². The Kier molecular flexibility index (Phi) is 6.57. The third-order valence-corrected chi connectivity index (χ3v) is 2.60. The molecule has 1 atom stereocenters. The standard InChI is InChI=1S/C12H24O3/c1-10(9-15-11(2)13)7-6-8-12(3,4)14-5/h10H,6-9H2,1-5H3. The second kappa shape index (κ2) is 6.83. The molecular weight excluding hydrogens is 192 g/mol. The molecule has 0 heterocycles.